The maximum absolute atomic E-state index is 5.35. The van der Waals surface area contributed by atoms with Gasteiger partial charge in [-0.15, -0.1) is 0 Å². The van der Waals surface area contributed by atoms with Crippen LogP contribution in [0.2, 0.25) is 0 Å². The van der Waals surface area contributed by atoms with E-state index in [2.05, 4.69) is 41.5 Å². The Labute approximate surface area is 107 Å². The predicted octanol–water partition coefficient (Wildman–Crippen LogP) is 2.19. The summed E-state index contributed by atoms with van der Waals surface area (Å²) in [7, 11) is 1.80. The summed E-state index contributed by atoms with van der Waals surface area (Å²) in [6.07, 6.45) is 3.17. The molecule has 0 atom stereocenters. The molecule has 2 aromatic heterocycles. The summed E-state index contributed by atoms with van der Waals surface area (Å²) >= 11 is 3.42. The molecule has 0 amide bonds. The highest BCUT2D eigenvalue weighted by Gasteiger charge is 2.08. The van der Waals surface area contributed by atoms with Crippen LogP contribution in [0.3, 0.4) is 0 Å². The van der Waals surface area contributed by atoms with Crippen molar-refractivity contribution in [1.29, 1.82) is 0 Å². The van der Waals surface area contributed by atoms with E-state index in [9.17, 15) is 0 Å². The maximum Gasteiger partial charge on any atom is 0.213 e. The van der Waals surface area contributed by atoms with Crippen LogP contribution in [0.4, 0.5) is 11.6 Å². The highest BCUT2D eigenvalue weighted by Crippen LogP contribution is 2.26. The lowest BCUT2D eigenvalue weighted by molar-refractivity contribution is 0.478. The Morgan fingerprint density at radius 3 is 2.71 bits per heavy atom. The minimum Gasteiger partial charge on any atom is -0.444 e. The summed E-state index contributed by atoms with van der Waals surface area (Å²) in [5, 5.41) is 6.08. The van der Waals surface area contributed by atoms with Crippen molar-refractivity contribution in [3.63, 3.8) is 0 Å². The summed E-state index contributed by atoms with van der Waals surface area (Å²) in [5.74, 6) is 2.84. The van der Waals surface area contributed by atoms with Crippen molar-refractivity contribution < 1.29 is 4.42 Å². The molecule has 0 saturated heterocycles. The normalized spacial score (nSPS) is 10.3. The smallest absolute Gasteiger partial charge is 0.213 e. The van der Waals surface area contributed by atoms with Gasteiger partial charge in [0.25, 0.3) is 0 Å². The lowest BCUT2D eigenvalue weighted by atomic mass is 10.5. The van der Waals surface area contributed by atoms with E-state index in [1.807, 2.05) is 6.92 Å². The number of hydrogen-bond donors (Lipinski definition) is 2. The SMILES string of the molecule is CNc1ncnc(NCc2ncc(C)o2)c1Br. The molecule has 17 heavy (non-hydrogen) atoms. The molecule has 0 spiro atoms. The minimum absolute atomic E-state index is 0.479. The number of aryl methyl sites for hydroxylation is 1. The van der Waals surface area contributed by atoms with Crippen LogP contribution in [0, 0.1) is 6.92 Å². The number of hydrogen-bond acceptors (Lipinski definition) is 6. The van der Waals surface area contributed by atoms with Gasteiger partial charge >= 0.3 is 0 Å². The molecule has 2 rings (SSSR count). The van der Waals surface area contributed by atoms with Gasteiger partial charge in [-0.25, -0.2) is 15.0 Å². The quantitative estimate of drug-likeness (QED) is 0.901. The zero-order chi connectivity index (χ0) is 12.3. The minimum atomic E-state index is 0.479. The third-order valence-corrected chi connectivity index (χ3v) is 2.85. The van der Waals surface area contributed by atoms with Crippen LogP contribution in [0.15, 0.2) is 21.4 Å². The summed E-state index contributed by atoms with van der Waals surface area (Å²) in [5.41, 5.74) is 0. The van der Waals surface area contributed by atoms with E-state index in [1.54, 1.807) is 13.2 Å². The molecule has 2 aromatic rings. The van der Waals surface area contributed by atoms with Gasteiger partial charge < -0.3 is 15.1 Å². The summed E-state index contributed by atoms with van der Waals surface area (Å²) in [6.45, 7) is 2.34. The third-order valence-electron chi connectivity index (χ3n) is 2.10. The maximum atomic E-state index is 5.35. The van der Waals surface area contributed by atoms with Gasteiger partial charge in [0.2, 0.25) is 5.89 Å². The Hall–Kier alpha value is -1.63. The molecule has 0 radical (unpaired) electrons. The molecule has 0 unspecified atom stereocenters. The number of anilines is 2. The van der Waals surface area contributed by atoms with Crippen LogP contribution in [-0.2, 0) is 6.54 Å². The lowest BCUT2D eigenvalue weighted by Crippen LogP contribution is -2.04. The molecule has 0 saturated carbocycles. The average Bonchev–Trinajstić information content (AvgIpc) is 2.74. The molecule has 6 nitrogen and oxygen atoms in total. The molecule has 0 aliphatic rings. The Kier molecular flexibility index (Phi) is 3.58. The van der Waals surface area contributed by atoms with Crippen LogP contribution in [-0.4, -0.2) is 22.0 Å². The molecular weight excluding hydrogens is 286 g/mol. The monoisotopic (exact) mass is 297 g/mol. The number of rotatable bonds is 4. The largest absolute Gasteiger partial charge is 0.444 e. The Morgan fingerprint density at radius 2 is 2.06 bits per heavy atom. The summed E-state index contributed by atoms with van der Waals surface area (Å²) in [4.78, 5) is 12.3. The molecule has 0 aliphatic heterocycles. The van der Waals surface area contributed by atoms with Crippen molar-refractivity contribution in [3.05, 3.63) is 28.6 Å². The van der Waals surface area contributed by atoms with Crippen molar-refractivity contribution in [2.45, 2.75) is 13.5 Å². The first kappa shape index (κ1) is 11.8. The topological polar surface area (TPSA) is 75.9 Å². The van der Waals surface area contributed by atoms with Gasteiger partial charge in [0.15, 0.2) is 0 Å². The molecule has 90 valence electrons. The molecule has 7 heteroatoms. The van der Waals surface area contributed by atoms with Crippen molar-refractivity contribution in [2.75, 3.05) is 17.7 Å². The predicted molar refractivity (Wildman–Crippen MR) is 67.8 cm³/mol. The van der Waals surface area contributed by atoms with E-state index in [0.29, 0.717) is 18.3 Å². The van der Waals surface area contributed by atoms with E-state index in [0.717, 1.165) is 16.1 Å². The fourth-order valence-corrected chi connectivity index (χ4v) is 1.85. The summed E-state index contributed by atoms with van der Waals surface area (Å²) < 4.78 is 6.14. The van der Waals surface area contributed by atoms with E-state index in [-0.39, 0.29) is 0 Å². The first-order valence-corrected chi connectivity index (χ1v) is 5.83. The second-order valence-corrected chi connectivity index (χ2v) is 4.15. The highest BCUT2D eigenvalue weighted by atomic mass is 79.9. The second kappa shape index (κ2) is 5.13. The van der Waals surface area contributed by atoms with E-state index in [4.69, 9.17) is 4.42 Å². The average molecular weight is 298 g/mol. The highest BCUT2D eigenvalue weighted by molar-refractivity contribution is 9.10. The Balaban J connectivity index is 2.09. The Morgan fingerprint density at radius 1 is 1.29 bits per heavy atom. The number of nitrogens with one attached hydrogen (secondary N) is 2. The van der Waals surface area contributed by atoms with Crippen molar-refractivity contribution in [3.8, 4) is 0 Å². The first-order chi connectivity index (χ1) is 8.20. The molecule has 2 heterocycles. The molecule has 0 aromatic carbocycles. The van der Waals surface area contributed by atoms with E-state index < -0.39 is 0 Å². The van der Waals surface area contributed by atoms with Crippen LogP contribution in [0.25, 0.3) is 0 Å². The second-order valence-electron chi connectivity index (χ2n) is 3.35. The fraction of sp³-hybridized carbons (Fsp3) is 0.300. The molecule has 2 N–H and O–H groups in total. The van der Waals surface area contributed by atoms with Crippen LogP contribution >= 0.6 is 15.9 Å². The van der Waals surface area contributed by atoms with Crippen LogP contribution < -0.4 is 10.6 Å². The van der Waals surface area contributed by atoms with Gasteiger partial charge in [0.1, 0.15) is 28.2 Å². The zero-order valence-corrected chi connectivity index (χ0v) is 11.1. The first-order valence-electron chi connectivity index (χ1n) is 5.04. The Bertz CT molecular complexity index is 513. The number of oxazole rings is 1. The van der Waals surface area contributed by atoms with Crippen molar-refractivity contribution in [2.24, 2.45) is 0 Å². The molecule has 0 fully saturated rings. The fourth-order valence-electron chi connectivity index (χ4n) is 1.31. The number of nitrogens with zero attached hydrogens (tertiary/aromatic N) is 3. The van der Waals surface area contributed by atoms with Crippen LogP contribution in [0.1, 0.15) is 11.7 Å². The van der Waals surface area contributed by atoms with E-state index in [1.165, 1.54) is 6.33 Å². The van der Waals surface area contributed by atoms with Gasteiger partial charge in [0.05, 0.1) is 12.7 Å². The standard InChI is InChI=1S/C10H12BrN5O/c1-6-3-13-7(17-6)4-14-10-8(11)9(12-2)15-5-16-10/h3,5H,4H2,1-2H3,(H2,12,14,15,16). The zero-order valence-electron chi connectivity index (χ0n) is 9.49. The van der Waals surface area contributed by atoms with Crippen molar-refractivity contribution in [1.82, 2.24) is 15.0 Å². The van der Waals surface area contributed by atoms with Gasteiger partial charge in [-0.05, 0) is 22.9 Å². The number of halogens is 1. The molecule has 0 bridgehead atoms. The van der Waals surface area contributed by atoms with Gasteiger partial charge in [-0.2, -0.15) is 0 Å². The summed E-state index contributed by atoms with van der Waals surface area (Å²) in [6, 6.07) is 0. The van der Waals surface area contributed by atoms with E-state index >= 15 is 0 Å². The molecular formula is C10H12BrN5O. The van der Waals surface area contributed by atoms with Gasteiger partial charge in [0, 0.05) is 7.05 Å². The van der Waals surface area contributed by atoms with Gasteiger partial charge in [-0.3, -0.25) is 0 Å². The lowest BCUT2D eigenvalue weighted by Gasteiger charge is -2.08. The molecule has 0 aliphatic carbocycles. The van der Waals surface area contributed by atoms with Crippen LogP contribution in [0.5, 0.6) is 0 Å². The number of aromatic nitrogens is 3. The third kappa shape index (κ3) is 2.73. The van der Waals surface area contributed by atoms with Gasteiger partial charge in [-0.1, -0.05) is 0 Å². The van der Waals surface area contributed by atoms with Crippen molar-refractivity contribution >= 4 is 27.6 Å².